The zero-order chi connectivity index (χ0) is 11.1. The third-order valence-electron chi connectivity index (χ3n) is 2.19. The van der Waals surface area contributed by atoms with Gasteiger partial charge in [0.25, 0.3) is 0 Å². The molecule has 1 atom stereocenters. The first-order valence-electron chi connectivity index (χ1n) is 5.19. The molecule has 0 aliphatic heterocycles. The van der Waals surface area contributed by atoms with Crippen molar-refractivity contribution in [3.05, 3.63) is 22.4 Å². The van der Waals surface area contributed by atoms with Crippen molar-refractivity contribution in [2.75, 3.05) is 6.61 Å². The molecule has 1 unspecified atom stereocenters. The Morgan fingerprint density at radius 1 is 1.67 bits per heavy atom. The van der Waals surface area contributed by atoms with Gasteiger partial charge in [0, 0.05) is 17.7 Å². The zero-order valence-electron chi connectivity index (χ0n) is 9.03. The molecule has 1 aromatic rings. The third-order valence-corrected chi connectivity index (χ3v) is 3.12. The summed E-state index contributed by atoms with van der Waals surface area (Å²) in [6.45, 7) is 2.77. The highest BCUT2D eigenvalue weighted by Crippen LogP contribution is 2.10. The molecule has 0 amide bonds. The van der Waals surface area contributed by atoms with Gasteiger partial charge in [-0.25, -0.2) is 0 Å². The van der Waals surface area contributed by atoms with Gasteiger partial charge in [-0.1, -0.05) is 13.0 Å². The SMILES string of the molecule is CCC(CC(=N)N)OCCc1cccs1. The number of rotatable bonds is 7. The number of nitrogens with one attached hydrogen (secondary N) is 1. The summed E-state index contributed by atoms with van der Waals surface area (Å²) in [6, 6.07) is 4.16. The first-order chi connectivity index (χ1) is 7.22. The van der Waals surface area contributed by atoms with Crippen LogP contribution in [0, 0.1) is 5.41 Å². The predicted molar refractivity (Wildman–Crippen MR) is 64.6 cm³/mol. The summed E-state index contributed by atoms with van der Waals surface area (Å²) >= 11 is 1.75. The van der Waals surface area contributed by atoms with Crippen LogP contribution in [0.1, 0.15) is 24.6 Å². The van der Waals surface area contributed by atoms with Gasteiger partial charge in [0.05, 0.1) is 18.5 Å². The van der Waals surface area contributed by atoms with Crippen LogP contribution in [-0.4, -0.2) is 18.5 Å². The van der Waals surface area contributed by atoms with Crippen molar-refractivity contribution in [1.29, 1.82) is 5.41 Å². The monoisotopic (exact) mass is 226 g/mol. The maximum absolute atomic E-state index is 7.20. The Morgan fingerprint density at radius 2 is 2.47 bits per heavy atom. The van der Waals surface area contributed by atoms with Crippen LogP contribution >= 0.6 is 11.3 Å². The van der Waals surface area contributed by atoms with Crippen LogP contribution in [0.25, 0.3) is 0 Å². The predicted octanol–water partition coefficient (Wildman–Crippen LogP) is 2.41. The molecule has 0 spiro atoms. The second-order valence-electron chi connectivity index (χ2n) is 3.46. The highest BCUT2D eigenvalue weighted by molar-refractivity contribution is 7.09. The molecule has 1 rings (SSSR count). The first-order valence-corrected chi connectivity index (χ1v) is 6.07. The second kappa shape index (κ2) is 6.58. The lowest BCUT2D eigenvalue weighted by atomic mass is 10.2. The summed E-state index contributed by atoms with van der Waals surface area (Å²) in [5, 5.41) is 9.27. The summed E-state index contributed by atoms with van der Waals surface area (Å²) in [6.07, 6.45) is 2.50. The average molecular weight is 226 g/mol. The van der Waals surface area contributed by atoms with Crippen molar-refractivity contribution >= 4 is 17.2 Å². The maximum atomic E-state index is 7.20. The fraction of sp³-hybridized carbons (Fsp3) is 0.545. The molecule has 0 aromatic carbocycles. The normalized spacial score (nSPS) is 12.6. The zero-order valence-corrected chi connectivity index (χ0v) is 9.85. The molecule has 0 saturated heterocycles. The standard InChI is InChI=1S/C11H18N2OS/c1-2-9(8-11(12)13)14-6-5-10-4-3-7-15-10/h3-4,7,9H,2,5-6,8H2,1H3,(H3,12,13). The van der Waals surface area contributed by atoms with Crippen molar-refractivity contribution in [3.63, 3.8) is 0 Å². The van der Waals surface area contributed by atoms with Crippen LogP contribution in [0.3, 0.4) is 0 Å². The van der Waals surface area contributed by atoms with E-state index in [1.807, 2.05) is 6.07 Å². The van der Waals surface area contributed by atoms with Crippen LogP contribution in [-0.2, 0) is 11.2 Å². The molecule has 4 heteroatoms. The fourth-order valence-corrected chi connectivity index (χ4v) is 2.04. The summed E-state index contributed by atoms with van der Waals surface area (Å²) in [4.78, 5) is 1.34. The molecule has 0 aliphatic carbocycles. The molecule has 1 heterocycles. The Morgan fingerprint density at radius 3 is 3.00 bits per heavy atom. The van der Waals surface area contributed by atoms with E-state index in [1.54, 1.807) is 11.3 Å². The van der Waals surface area contributed by atoms with Gasteiger partial charge in [-0.05, 0) is 17.9 Å². The highest BCUT2D eigenvalue weighted by atomic mass is 32.1. The van der Waals surface area contributed by atoms with E-state index < -0.39 is 0 Å². The summed E-state index contributed by atoms with van der Waals surface area (Å²) in [5.74, 6) is 0.206. The van der Waals surface area contributed by atoms with Crippen LogP contribution in [0.2, 0.25) is 0 Å². The van der Waals surface area contributed by atoms with E-state index >= 15 is 0 Å². The third kappa shape index (κ3) is 4.95. The number of hydrogen-bond acceptors (Lipinski definition) is 3. The van der Waals surface area contributed by atoms with Crippen molar-refractivity contribution in [2.45, 2.75) is 32.3 Å². The minimum absolute atomic E-state index is 0.0995. The lowest BCUT2D eigenvalue weighted by Gasteiger charge is -2.14. The van der Waals surface area contributed by atoms with Crippen molar-refractivity contribution in [1.82, 2.24) is 0 Å². The van der Waals surface area contributed by atoms with Gasteiger partial charge in [-0.3, -0.25) is 5.41 Å². The Balaban J connectivity index is 2.20. The molecule has 0 fully saturated rings. The molecule has 15 heavy (non-hydrogen) atoms. The van der Waals surface area contributed by atoms with E-state index in [0.717, 1.165) is 12.8 Å². The first kappa shape index (κ1) is 12.2. The van der Waals surface area contributed by atoms with Gasteiger partial charge in [-0.2, -0.15) is 0 Å². The Labute approximate surface area is 94.8 Å². The Kier molecular flexibility index (Phi) is 5.36. The molecule has 0 saturated carbocycles. The quantitative estimate of drug-likeness (QED) is 0.554. The van der Waals surface area contributed by atoms with E-state index in [4.69, 9.17) is 15.9 Å². The van der Waals surface area contributed by atoms with Crippen molar-refractivity contribution in [3.8, 4) is 0 Å². The van der Waals surface area contributed by atoms with Crippen molar-refractivity contribution in [2.24, 2.45) is 5.73 Å². The summed E-state index contributed by atoms with van der Waals surface area (Å²) in [7, 11) is 0. The lowest BCUT2D eigenvalue weighted by Crippen LogP contribution is -2.22. The van der Waals surface area contributed by atoms with E-state index in [9.17, 15) is 0 Å². The molecule has 84 valence electrons. The van der Waals surface area contributed by atoms with Crippen LogP contribution < -0.4 is 5.73 Å². The summed E-state index contributed by atoms with van der Waals surface area (Å²) < 4.78 is 5.66. The number of thiophene rings is 1. The molecule has 3 nitrogen and oxygen atoms in total. The largest absolute Gasteiger partial charge is 0.388 e. The molecule has 0 aliphatic rings. The highest BCUT2D eigenvalue weighted by Gasteiger charge is 2.07. The average Bonchev–Trinajstić information content (AvgIpc) is 2.68. The van der Waals surface area contributed by atoms with Gasteiger partial charge in [0.2, 0.25) is 0 Å². The van der Waals surface area contributed by atoms with E-state index in [1.165, 1.54) is 4.88 Å². The van der Waals surface area contributed by atoms with Crippen LogP contribution in [0.4, 0.5) is 0 Å². The molecular formula is C11H18N2OS. The number of hydrogen-bond donors (Lipinski definition) is 2. The lowest BCUT2D eigenvalue weighted by molar-refractivity contribution is 0.0580. The molecule has 0 radical (unpaired) electrons. The number of nitrogens with two attached hydrogens (primary N) is 1. The number of amidine groups is 1. The summed E-state index contributed by atoms with van der Waals surface area (Å²) in [5.41, 5.74) is 5.34. The minimum Gasteiger partial charge on any atom is -0.388 e. The smallest absolute Gasteiger partial charge is 0.0931 e. The molecule has 3 N–H and O–H groups in total. The Hall–Kier alpha value is -0.870. The minimum atomic E-state index is 0.0995. The molecule has 1 aromatic heterocycles. The Bertz CT molecular complexity index is 285. The van der Waals surface area contributed by atoms with Crippen molar-refractivity contribution < 1.29 is 4.74 Å². The second-order valence-corrected chi connectivity index (χ2v) is 4.49. The fourth-order valence-electron chi connectivity index (χ4n) is 1.35. The van der Waals surface area contributed by atoms with Gasteiger partial charge >= 0.3 is 0 Å². The number of ether oxygens (including phenoxy) is 1. The van der Waals surface area contributed by atoms with E-state index in [-0.39, 0.29) is 11.9 Å². The van der Waals surface area contributed by atoms with Gasteiger partial charge < -0.3 is 10.5 Å². The van der Waals surface area contributed by atoms with E-state index in [0.29, 0.717) is 13.0 Å². The van der Waals surface area contributed by atoms with E-state index in [2.05, 4.69) is 18.4 Å². The van der Waals surface area contributed by atoms with Crippen LogP contribution in [0.15, 0.2) is 17.5 Å². The van der Waals surface area contributed by atoms with Gasteiger partial charge in [0.1, 0.15) is 0 Å². The topological polar surface area (TPSA) is 59.1 Å². The molecule has 0 bridgehead atoms. The maximum Gasteiger partial charge on any atom is 0.0931 e. The van der Waals surface area contributed by atoms with Crippen LogP contribution in [0.5, 0.6) is 0 Å². The van der Waals surface area contributed by atoms with Gasteiger partial charge in [-0.15, -0.1) is 11.3 Å². The molecular weight excluding hydrogens is 208 g/mol. The van der Waals surface area contributed by atoms with Gasteiger partial charge in [0.15, 0.2) is 0 Å².